The maximum atomic E-state index is 11.0. The van der Waals surface area contributed by atoms with Crippen molar-refractivity contribution < 1.29 is 19.4 Å². The Bertz CT molecular complexity index is 400. The monoisotopic (exact) mass is 209 g/mol. The molecule has 15 heavy (non-hydrogen) atoms. The zero-order valence-corrected chi connectivity index (χ0v) is 8.48. The molecule has 0 aliphatic heterocycles. The number of hydrogen-bond donors (Lipinski definition) is 1. The number of rotatable bonds is 4. The van der Waals surface area contributed by atoms with Gasteiger partial charge < -0.3 is 9.84 Å². The molecule has 0 atom stereocenters. The fraction of sp³-hybridized carbons (Fsp3) is 0.300. The molecular weight excluding hydrogens is 198 g/mol. The normalized spacial score (nSPS) is 9.73. The molecule has 0 radical (unpaired) electrons. The molecule has 0 spiro atoms. The Morgan fingerprint density at radius 1 is 1.53 bits per heavy atom. The van der Waals surface area contributed by atoms with Crippen LogP contribution in [0.5, 0.6) is 5.88 Å². The van der Waals surface area contributed by atoms with Gasteiger partial charge in [-0.05, 0) is 19.9 Å². The number of carboxylic acids is 1. The van der Waals surface area contributed by atoms with E-state index < -0.39 is 5.97 Å². The van der Waals surface area contributed by atoms with Crippen molar-refractivity contribution in [1.29, 1.82) is 0 Å². The molecule has 1 aromatic rings. The quantitative estimate of drug-likeness (QED) is 0.758. The summed E-state index contributed by atoms with van der Waals surface area (Å²) in [4.78, 5) is 25.6. The number of hydrogen-bond acceptors (Lipinski definition) is 4. The summed E-state index contributed by atoms with van der Waals surface area (Å²) in [5, 5.41) is 8.87. The molecule has 0 unspecified atom stereocenters. The van der Waals surface area contributed by atoms with Gasteiger partial charge in [-0.25, -0.2) is 9.78 Å². The number of aromatic nitrogens is 1. The summed E-state index contributed by atoms with van der Waals surface area (Å²) in [6.45, 7) is 3.40. The van der Waals surface area contributed by atoms with Gasteiger partial charge in [0.15, 0.2) is 5.78 Å². The molecule has 0 fully saturated rings. The Balaban J connectivity index is 3.20. The van der Waals surface area contributed by atoms with Gasteiger partial charge in [-0.2, -0.15) is 0 Å². The zero-order chi connectivity index (χ0) is 11.4. The maximum Gasteiger partial charge on any atom is 0.341 e. The van der Waals surface area contributed by atoms with Gasteiger partial charge in [0, 0.05) is 11.8 Å². The predicted octanol–water partition coefficient (Wildman–Crippen LogP) is 1.38. The summed E-state index contributed by atoms with van der Waals surface area (Å²) in [5.41, 5.74) is 0.167. The molecule has 80 valence electrons. The van der Waals surface area contributed by atoms with Gasteiger partial charge in [0.25, 0.3) is 0 Å². The summed E-state index contributed by atoms with van der Waals surface area (Å²) in [6, 6.07) is 1.27. The summed E-state index contributed by atoms with van der Waals surface area (Å²) < 4.78 is 5.03. The minimum atomic E-state index is -1.16. The van der Waals surface area contributed by atoms with Crippen LogP contribution in [0.2, 0.25) is 0 Å². The van der Waals surface area contributed by atoms with Crippen LogP contribution in [0.15, 0.2) is 12.3 Å². The molecule has 5 nitrogen and oxygen atoms in total. The van der Waals surface area contributed by atoms with Crippen LogP contribution in [0, 0.1) is 0 Å². The van der Waals surface area contributed by atoms with E-state index in [2.05, 4.69) is 4.98 Å². The number of Topliss-reactive ketones (excluding diaryl/α,β-unsaturated/α-hetero) is 1. The largest absolute Gasteiger partial charge is 0.477 e. The molecule has 0 aliphatic rings. The molecule has 5 heteroatoms. The van der Waals surface area contributed by atoms with Crippen molar-refractivity contribution in [3.8, 4) is 5.88 Å². The number of carboxylic acid groups (broad SMARTS) is 1. The standard InChI is InChI=1S/C10H11NO4/c1-3-15-9-8(10(13)14)4-7(5-11-9)6(2)12/h4-5H,3H2,1-2H3,(H,13,14). The summed E-state index contributed by atoms with van der Waals surface area (Å²) in [5.74, 6) is -1.35. The zero-order valence-electron chi connectivity index (χ0n) is 8.48. The van der Waals surface area contributed by atoms with Crippen LogP contribution in [-0.4, -0.2) is 28.4 Å². The minimum absolute atomic E-state index is 0.0370. The van der Waals surface area contributed by atoms with E-state index in [1.54, 1.807) is 6.92 Å². The van der Waals surface area contributed by atoms with Crippen LogP contribution in [0.25, 0.3) is 0 Å². The molecule has 0 amide bonds. The highest BCUT2D eigenvalue weighted by molar-refractivity contribution is 5.98. The second-order valence-electron chi connectivity index (χ2n) is 2.87. The highest BCUT2D eigenvalue weighted by Crippen LogP contribution is 2.16. The second-order valence-corrected chi connectivity index (χ2v) is 2.87. The lowest BCUT2D eigenvalue weighted by molar-refractivity contribution is 0.0691. The molecule has 0 bridgehead atoms. The van der Waals surface area contributed by atoms with E-state index in [-0.39, 0.29) is 22.8 Å². The van der Waals surface area contributed by atoms with Gasteiger partial charge >= 0.3 is 5.97 Å². The molecule has 0 saturated carbocycles. The SMILES string of the molecule is CCOc1ncc(C(C)=O)cc1C(=O)O. The Morgan fingerprint density at radius 3 is 2.67 bits per heavy atom. The number of carbonyl (C=O) groups is 2. The number of nitrogens with zero attached hydrogens (tertiary/aromatic N) is 1. The van der Waals surface area contributed by atoms with Crippen LogP contribution in [0.1, 0.15) is 34.6 Å². The highest BCUT2D eigenvalue weighted by Gasteiger charge is 2.14. The van der Waals surface area contributed by atoms with E-state index in [1.807, 2.05) is 0 Å². The number of pyridine rings is 1. The predicted molar refractivity (Wildman–Crippen MR) is 52.4 cm³/mol. The lowest BCUT2D eigenvalue weighted by Crippen LogP contribution is -2.07. The molecule has 1 heterocycles. The van der Waals surface area contributed by atoms with E-state index in [1.165, 1.54) is 19.2 Å². The molecule has 0 aliphatic carbocycles. The average Bonchev–Trinajstić information content (AvgIpc) is 2.18. The van der Waals surface area contributed by atoms with Gasteiger partial charge in [0.05, 0.1) is 6.61 Å². The number of carbonyl (C=O) groups excluding carboxylic acids is 1. The minimum Gasteiger partial charge on any atom is -0.477 e. The molecule has 0 saturated heterocycles. The Kier molecular flexibility index (Phi) is 3.38. The van der Waals surface area contributed by atoms with Crippen molar-refractivity contribution in [2.45, 2.75) is 13.8 Å². The summed E-state index contributed by atoms with van der Waals surface area (Å²) in [6.07, 6.45) is 1.31. The van der Waals surface area contributed by atoms with E-state index in [0.717, 1.165) is 0 Å². The van der Waals surface area contributed by atoms with Crippen molar-refractivity contribution >= 4 is 11.8 Å². The first-order valence-corrected chi connectivity index (χ1v) is 4.43. The van der Waals surface area contributed by atoms with Gasteiger partial charge in [-0.15, -0.1) is 0 Å². The van der Waals surface area contributed by atoms with Crippen LogP contribution in [0.3, 0.4) is 0 Å². The van der Waals surface area contributed by atoms with E-state index in [4.69, 9.17) is 9.84 Å². The van der Waals surface area contributed by atoms with Crippen molar-refractivity contribution in [1.82, 2.24) is 4.98 Å². The molecule has 0 aromatic carbocycles. The van der Waals surface area contributed by atoms with Gasteiger partial charge in [-0.1, -0.05) is 0 Å². The van der Waals surface area contributed by atoms with Crippen LogP contribution < -0.4 is 4.74 Å². The summed E-state index contributed by atoms with van der Waals surface area (Å²) >= 11 is 0. The maximum absolute atomic E-state index is 11.0. The molecule has 1 N–H and O–H groups in total. The third kappa shape index (κ3) is 2.52. The van der Waals surface area contributed by atoms with Crippen molar-refractivity contribution in [2.24, 2.45) is 0 Å². The molecular formula is C10H11NO4. The lowest BCUT2D eigenvalue weighted by atomic mass is 10.1. The van der Waals surface area contributed by atoms with E-state index in [9.17, 15) is 9.59 Å². The number of ether oxygens (including phenoxy) is 1. The third-order valence-corrected chi connectivity index (χ3v) is 1.77. The van der Waals surface area contributed by atoms with E-state index >= 15 is 0 Å². The molecule has 1 rings (SSSR count). The van der Waals surface area contributed by atoms with E-state index in [0.29, 0.717) is 6.61 Å². The Hall–Kier alpha value is -1.91. The number of ketones is 1. The van der Waals surface area contributed by atoms with Crippen molar-refractivity contribution in [3.63, 3.8) is 0 Å². The van der Waals surface area contributed by atoms with Crippen molar-refractivity contribution in [2.75, 3.05) is 6.61 Å². The van der Waals surface area contributed by atoms with Crippen LogP contribution in [0.4, 0.5) is 0 Å². The lowest BCUT2D eigenvalue weighted by Gasteiger charge is -2.06. The van der Waals surface area contributed by atoms with Gasteiger partial charge in [-0.3, -0.25) is 4.79 Å². The first kappa shape index (κ1) is 11.2. The highest BCUT2D eigenvalue weighted by atomic mass is 16.5. The second kappa shape index (κ2) is 4.54. The van der Waals surface area contributed by atoms with Crippen LogP contribution >= 0.6 is 0 Å². The first-order chi connectivity index (χ1) is 7.06. The van der Waals surface area contributed by atoms with Crippen molar-refractivity contribution in [3.05, 3.63) is 23.4 Å². The average molecular weight is 209 g/mol. The molecule has 1 aromatic heterocycles. The smallest absolute Gasteiger partial charge is 0.341 e. The van der Waals surface area contributed by atoms with Gasteiger partial charge in [0.1, 0.15) is 5.56 Å². The Labute approximate surface area is 86.7 Å². The first-order valence-electron chi connectivity index (χ1n) is 4.43. The number of aromatic carboxylic acids is 1. The topological polar surface area (TPSA) is 76.5 Å². The van der Waals surface area contributed by atoms with Gasteiger partial charge in [0.2, 0.25) is 5.88 Å². The fourth-order valence-electron chi connectivity index (χ4n) is 1.05. The Morgan fingerprint density at radius 2 is 2.20 bits per heavy atom. The third-order valence-electron chi connectivity index (χ3n) is 1.77. The fourth-order valence-corrected chi connectivity index (χ4v) is 1.05. The summed E-state index contributed by atoms with van der Waals surface area (Å²) in [7, 11) is 0. The van der Waals surface area contributed by atoms with Crippen LogP contribution in [-0.2, 0) is 0 Å².